The Morgan fingerprint density at radius 1 is 1.30 bits per heavy atom. The summed E-state index contributed by atoms with van der Waals surface area (Å²) in [6.45, 7) is 3.10. The first-order chi connectivity index (χ1) is 9.33. The first kappa shape index (κ1) is 15.0. The summed E-state index contributed by atoms with van der Waals surface area (Å²) in [6, 6.07) is 5.29. The molecule has 0 amide bonds. The molecule has 0 unspecified atom stereocenters. The third-order valence-electron chi connectivity index (χ3n) is 2.80. The monoisotopic (exact) mass is 315 g/mol. The number of aliphatic hydroxyl groups excluding tert-OH is 1. The van der Waals surface area contributed by atoms with Gasteiger partial charge in [0.1, 0.15) is 10.7 Å². The van der Waals surface area contributed by atoms with Crippen molar-refractivity contribution in [3.63, 3.8) is 0 Å². The number of thiophene rings is 1. The van der Waals surface area contributed by atoms with Gasteiger partial charge in [-0.3, -0.25) is 4.72 Å². The lowest BCUT2D eigenvalue weighted by Gasteiger charge is -2.10. The summed E-state index contributed by atoms with van der Waals surface area (Å²) < 4.78 is 40.1. The maximum atomic E-state index is 13.0. The van der Waals surface area contributed by atoms with Crippen LogP contribution < -0.4 is 4.72 Å². The average Bonchev–Trinajstić information content (AvgIpc) is 2.75. The SMILES string of the molecule is Cc1cc(F)ccc1NS(=O)(=O)c1cc(CO)sc1C. The molecule has 0 saturated heterocycles. The Balaban J connectivity index is 2.38. The number of anilines is 1. The van der Waals surface area contributed by atoms with Crippen LogP contribution in [0.15, 0.2) is 29.2 Å². The first-order valence-electron chi connectivity index (χ1n) is 5.82. The Kier molecular flexibility index (Phi) is 4.12. The second-order valence-electron chi connectivity index (χ2n) is 4.36. The molecule has 0 fully saturated rings. The van der Waals surface area contributed by atoms with Crippen LogP contribution in [0.2, 0.25) is 0 Å². The van der Waals surface area contributed by atoms with Crippen LogP contribution in [0.25, 0.3) is 0 Å². The van der Waals surface area contributed by atoms with Gasteiger partial charge in [-0.1, -0.05) is 0 Å². The van der Waals surface area contributed by atoms with Crippen LogP contribution >= 0.6 is 11.3 Å². The van der Waals surface area contributed by atoms with E-state index in [0.717, 1.165) is 0 Å². The van der Waals surface area contributed by atoms with Crippen LogP contribution in [0.1, 0.15) is 15.3 Å². The summed E-state index contributed by atoms with van der Waals surface area (Å²) >= 11 is 1.23. The fourth-order valence-electron chi connectivity index (χ4n) is 1.81. The van der Waals surface area contributed by atoms with E-state index in [0.29, 0.717) is 21.0 Å². The number of sulfonamides is 1. The molecule has 2 N–H and O–H groups in total. The van der Waals surface area contributed by atoms with Crippen LogP contribution in [0.5, 0.6) is 0 Å². The molecule has 0 aliphatic heterocycles. The van der Waals surface area contributed by atoms with Crippen molar-refractivity contribution in [2.45, 2.75) is 25.3 Å². The number of nitrogens with one attached hydrogen (secondary N) is 1. The molecule has 0 aliphatic rings. The number of halogens is 1. The second-order valence-corrected chi connectivity index (χ2v) is 7.35. The zero-order valence-electron chi connectivity index (χ0n) is 11.0. The molecular weight excluding hydrogens is 301 g/mol. The fraction of sp³-hybridized carbons (Fsp3) is 0.231. The maximum absolute atomic E-state index is 13.0. The van der Waals surface area contributed by atoms with Gasteiger partial charge in [0.2, 0.25) is 0 Å². The van der Waals surface area contributed by atoms with Gasteiger partial charge < -0.3 is 5.11 Å². The number of aliphatic hydroxyl groups is 1. The third kappa shape index (κ3) is 3.00. The summed E-state index contributed by atoms with van der Waals surface area (Å²) in [5.74, 6) is -0.417. The van der Waals surface area contributed by atoms with E-state index in [9.17, 15) is 12.8 Å². The van der Waals surface area contributed by atoms with Gasteiger partial charge in [0.15, 0.2) is 0 Å². The minimum absolute atomic E-state index is 0.135. The number of hydrogen-bond acceptors (Lipinski definition) is 4. The van der Waals surface area contributed by atoms with Crippen LogP contribution in [-0.4, -0.2) is 13.5 Å². The van der Waals surface area contributed by atoms with Crippen LogP contribution in [0.4, 0.5) is 10.1 Å². The van der Waals surface area contributed by atoms with Crippen molar-refractivity contribution in [2.24, 2.45) is 0 Å². The lowest BCUT2D eigenvalue weighted by molar-refractivity contribution is 0.285. The molecule has 0 saturated carbocycles. The molecule has 7 heteroatoms. The summed E-state index contributed by atoms with van der Waals surface area (Å²) in [6.07, 6.45) is 0. The van der Waals surface area contributed by atoms with Crippen LogP contribution in [0.3, 0.4) is 0 Å². The average molecular weight is 315 g/mol. The van der Waals surface area contributed by atoms with Gasteiger partial charge in [0.05, 0.1) is 12.3 Å². The molecule has 4 nitrogen and oxygen atoms in total. The predicted octanol–water partition coefficient (Wildman–Crippen LogP) is 2.80. The van der Waals surface area contributed by atoms with Crippen molar-refractivity contribution in [2.75, 3.05) is 4.72 Å². The molecule has 0 radical (unpaired) electrons. The Bertz CT molecular complexity index is 738. The number of benzene rings is 1. The number of aryl methyl sites for hydroxylation is 2. The smallest absolute Gasteiger partial charge is 0.263 e. The zero-order chi connectivity index (χ0) is 14.9. The normalized spacial score (nSPS) is 11.6. The van der Waals surface area contributed by atoms with E-state index < -0.39 is 15.8 Å². The summed E-state index contributed by atoms with van der Waals surface area (Å²) in [4.78, 5) is 1.32. The van der Waals surface area contributed by atoms with E-state index in [1.165, 1.54) is 35.6 Å². The third-order valence-corrected chi connectivity index (χ3v) is 5.46. The second kappa shape index (κ2) is 5.51. The summed E-state index contributed by atoms with van der Waals surface area (Å²) in [5, 5.41) is 9.06. The Labute approximate surface area is 120 Å². The summed E-state index contributed by atoms with van der Waals surface area (Å²) in [5.41, 5.74) is 0.839. The molecule has 0 aliphatic carbocycles. The molecule has 20 heavy (non-hydrogen) atoms. The van der Waals surface area contributed by atoms with Crippen molar-refractivity contribution < 1.29 is 17.9 Å². The lowest BCUT2D eigenvalue weighted by atomic mass is 10.2. The maximum Gasteiger partial charge on any atom is 0.263 e. The van der Waals surface area contributed by atoms with Crippen LogP contribution in [-0.2, 0) is 16.6 Å². The van der Waals surface area contributed by atoms with Gasteiger partial charge in [-0.05, 0) is 43.7 Å². The molecular formula is C13H14FNO3S2. The van der Waals surface area contributed by atoms with E-state index in [1.54, 1.807) is 13.8 Å². The predicted molar refractivity (Wildman–Crippen MR) is 76.9 cm³/mol. The highest BCUT2D eigenvalue weighted by Gasteiger charge is 2.20. The minimum atomic E-state index is -3.74. The summed E-state index contributed by atoms with van der Waals surface area (Å²) in [7, 11) is -3.74. The molecule has 1 aromatic carbocycles. The van der Waals surface area contributed by atoms with E-state index in [4.69, 9.17) is 5.11 Å². The van der Waals surface area contributed by atoms with Gasteiger partial charge in [-0.25, -0.2) is 12.8 Å². The largest absolute Gasteiger partial charge is 0.391 e. The van der Waals surface area contributed by atoms with Crippen molar-refractivity contribution in [1.82, 2.24) is 0 Å². The van der Waals surface area contributed by atoms with Gasteiger partial charge in [0.25, 0.3) is 10.0 Å². The molecule has 1 heterocycles. The number of hydrogen-bond donors (Lipinski definition) is 2. The topological polar surface area (TPSA) is 66.4 Å². The zero-order valence-corrected chi connectivity index (χ0v) is 12.6. The number of rotatable bonds is 4. The van der Waals surface area contributed by atoms with Crippen LogP contribution in [0, 0.1) is 19.7 Å². The Hall–Kier alpha value is -1.44. The molecule has 0 bridgehead atoms. The van der Waals surface area contributed by atoms with E-state index in [1.807, 2.05) is 0 Å². The lowest BCUT2D eigenvalue weighted by Crippen LogP contribution is -2.14. The fourth-order valence-corrected chi connectivity index (χ4v) is 4.44. The van der Waals surface area contributed by atoms with Gasteiger partial charge in [-0.15, -0.1) is 11.3 Å². The van der Waals surface area contributed by atoms with Crippen molar-refractivity contribution in [3.8, 4) is 0 Å². The highest BCUT2D eigenvalue weighted by molar-refractivity contribution is 7.93. The molecule has 0 atom stereocenters. The standard InChI is InChI=1S/C13H14FNO3S2/c1-8-5-10(14)3-4-12(8)15-20(17,18)13-6-11(7-16)19-9(13)2/h3-6,15-16H,7H2,1-2H3. The van der Waals surface area contributed by atoms with Crippen molar-refractivity contribution >= 4 is 27.0 Å². The molecule has 2 aromatic rings. The van der Waals surface area contributed by atoms with Gasteiger partial charge in [-0.2, -0.15) is 0 Å². The molecule has 2 rings (SSSR count). The minimum Gasteiger partial charge on any atom is -0.391 e. The van der Waals surface area contributed by atoms with Crippen molar-refractivity contribution in [1.29, 1.82) is 0 Å². The quantitative estimate of drug-likeness (QED) is 0.912. The molecule has 0 spiro atoms. The Morgan fingerprint density at radius 2 is 2.00 bits per heavy atom. The van der Waals surface area contributed by atoms with E-state index >= 15 is 0 Å². The van der Waals surface area contributed by atoms with Gasteiger partial charge in [0, 0.05) is 9.75 Å². The van der Waals surface area contributed by atoms with Crippen molar-refractivity contribution in [3.05, 3.63) is 45.4 Å². The highest BCUT2D eigenvalue weighted by atomic mass is 32.2. The first-order valence-corrected chi connectivity index (χ1v) is 8.12. The van der Waals surface area contributed by atoms with E-state index in [-0.39, 0.29) is 11.5 Å². The molecule has 1 aromatic heterocycles. The van der Waals surface area contributed by atoms with Gasteiger partial charge >= 0.3 is 0 Å². The molecule has 108 valence electrons. The Morgan fingerprint density at radius 3 is 2.55 bits per heavy atom. The van der Waals surface area contributed by atoms with E-state index in [2.05, 4.69) is 4.72 Å². The highest BCUT2D eigenvalue weighted by Crippen LogP contribution is 2.28.